The van der Waals surface area contributed by atoms with E-state index in [1.54, 1.807) is 0 Å². The van der Waals surface area contributed by atoms with Crippen LogP contribution in [0, 0.1) is 0 Å². The maximum atomic E-state index is 6.93. The number of ether oxygens (including phenoxy) is 2. The van der Waals surface area contributed by atoms with E-state index < -0.39 is 5.41 Å². The molecule has 326 valence electrons. The number of anilines is 2. The Morgan fingerprint density at radius 2 is 1.13 bits per heavy atom. The summed E-state index contributed by atoms with van der Waals surface area (Å²) >= 11 is 1.83. The maximum Gasteiger partial charge on any atom is 0.150 e. The van der Waals surface area contributed by atoms with Crippen LogP contribution >= 0.6 is 11.3 Å². The van der Waals surface area contributed by atoms with Crippen LogP contribution in [0.3, 0.4) is 0 Å². The number of aliphatic imine (C=N–C) groups is 1. The van der Waals surface area contributed by atoms with Gasteiger partial charge in [0.1, 0.15) is 23.4 Å². The van der Waals surface area contributed by atoms with E-state index in [9.17, 15) is 0 Å². The molecule has 5 nitrogen and oxygen atoms in total. The Morgan fingerprint density at radius 3 is 1.96 bits per heavy atom. The summed E-state index contributed by atoms with van der Waals surface area (Å²) in [7, 11) is 0. The smallest absolute Gasteiger partial charge is 0.150 e. The van der Waals surface area contributed by atoms with Crippen molar-refractivity contribution in [3.8, 4) is 56.4 Å². The molecule has 1 unspecified atom stereocenters. The van der Waals surface area contributed by atoms with E-state index in [1.165, 1.54) is 64.7 Å². The van der Waals surface area contributed by atoms with Crippen LogP contribution in [0.1, 0.15) is 45.1 Å². The third-order valence-corrected chi connectivity index (χ3v) is 15.4. The molecule has 0 radical (unpaired) electrons. The van der Waals surface area contributed by atoms with E-state index in [4.69, 9.17) is 20.2 Å². The quantitative estimate of drug-likeness (QED) is 0.163. The number of para-hydroxylation sites is 5. The second-order valence-electron chi connectivity index (χ2n) is 17.9. The summed E-state index contributed by atoms with van der Waals surface area (Å²) in [5, 5.41) is 6.21. The Kier molecular flexibility index (Phi) is 8.82. The lowest BCUT2D eigenvalue weighted by atomic mass is 9.66. The lowest BCUT2D eigenvalue weighted by Gasteiger charge is -2.39. The highest BCUT2D eigenvalue weighted by molar-refractivity contribution is 7.26. The third kappa shape index (κ3) is 5.99. The van der Waals surface area contributed by atoms with E-state index in [-0.39, 0.29) is 6.17 Å². The van der Waals surface area contributed by atoms with Gasteiger partial charge in [-0.3, -0.25) is 4.99 Å². The molecule has 3 N–H and O–H groups in total. The number of fused-ring (bicyclic) bond motifs is 13. The lowest BCUT2D eigenvalue weighted by molar-refractivity contribution is 0.436. The van der Waals surface area contributed by atoms with Crippen molar-refractivity contribution in [3.63, 3.8) is 0 Å². The topological polar surface area (TPSA) is 68.9 Å². The van der Waals surface area contributed by atoms with Crippen LogP contribution < -0.4 is 20.5 Å². The molecule has 1 atom stereocenters. The van der Waals surface area contributed by atoms with Gasteiger partial charge in [-0.05, 0) is 111 Å². The monoisotopic (exact) mass is 903 g/mol. The van der Waals surface area contributed by atoms with Gasteiger partial charge in [-0.2, -0.15) is 0 Å². The highest BCUT2D eigenvalue weighted by atomic mass is 32.1. The Bertz CT molecular complexity index is 3880. The largest absolute Gasteiger partial charge is 0.457 e. The molecule has 0 bridgehead atoms. The zero-order valence-corrected chi connectivity index (χ0v) is 38.0. The third-order valence-electron chi connectivity index (χ3n) is 14.2. The van der Waals surface area contributed by atoms with Crippen LogP contribution in [0.25, 0.3) is 53.6 Å². The van der Waals surface area contributed by atoms with Gasteiger partial charge in [0.25, 0.3) is 0 Å². The molecule has 2 aliphatic heterocycles. The summed E-state index contributed by atoms with van der Waals surface area (Å²) in [6, 6.07) is 79.5. The predicted octanol–water partition coefficient (Wildman–Crippen LogP) is 16.2. The molecule has 10 aromatic carbocycles. The molecule has 0 saturated heterocycles. The summed E-state index contributed by atoms with van der Waals surface area (Å²) in [5.74, 6) is 3.11. The number of nitrogens with zero attached hydrogens (tertiary/aromatic N) is 1. The highest BCUT2D eigenvalue weighted by Crippen LogP contribution is 2.63. The normalized spacial score (nSPS) is 14.7. The number of benzene rings is 10. The van der Waals surface area contributed by atoms with Crippen LogP contribution in [-0.2, 0) is 5.41 Å². The van der Waals surface area contributed by atoms with Gasteiger partial charge in [0.15, 0.2) is 5.75 Å². The number of nitrogens with two attached hydrogens (primary N) is 1. The molecular formula is C63H41N3O2S. The van der Waals surface area contributed by atoms with E-state index >= 15 is 0 Å². The van der Waals surface area contributed by atoms with Gasteiger partial charge in [-0.1, -0.05) is 164 Å². The van der Waals surface area contributed by atoms with Gasteiger partial charge in [-0.15, -0.1) is 11.3 Å². The van der Waals surface area contributed by atoms with Crippen molar-refractivity contribution in [1.29, 1.82) is 0 Å². The standard InChI is InChI=1S/C63H41N3O2S/c64-60-46(24-14-32-55(60)67-41-18-2-1-3-19-41)61-45-21-5-9-29-52(45)65-62(66-61)40-34-35-56-47(37-40)59-43(23-15-33-57(59)69-56)39-17-12-16-38(36-39)42-22-13-28-51-58(42)44-20-4-6-25-48(44)63(51)49-26-7-10-30-53(49)68-54-31-11-8-27-50(54)63/h1-37,62,65H,64H2. The molecule has 1 aromatic heterocycles. The van der Waals surface area contributed by atoms with Gasteiger partial charge in [0.05, 0.1) is 16.8 Å². The highest BCUT2D eigenvalue weighted by Gasteiger charge is 2.51. The van der Waals surface area contributed by atoms with Crippen molar-refractivity contribution in [2.75, 3.05) is 11.1 Å². The summed E-state index contributed by atoms with van der Waals surface area (Å²) in [5.41, 5.74) is 23.8. The first-order valence-electron chi connectivity index (χ1n) is 23.3. The minimum atomic E-state index is -0.530. The average Bonchev–Trinajstić information content (AvgIpc) is 3.93. The molecule has 0 fully saturated rings. The summed E-state index contributed by atoms with van der Waals surface area (Å²) in [4.78, 5) is 5.44. The molecule has 69 heavy (non-hydrogen) atoms. The van der Waals surface area contributed by atoms with Crippen molar-refractivity contribution in [3.05, 3.63) is 263 Å². The first-order valence-corrected chi connectivity index (χ1v) is 24.2. The van der Waals surface area contributed by atoms with Gasteiger partial charge < -0.3 is 20.5 Å². The van der Waals surface area contributed by atoms with Crippen molar-refractivity contribution in [2.24, 2.45) is 4.99 Å². The lowest BCUT2D eigenvalue weighted by Crippen LogP contribution is -2.32. The SMILES string of the molecule is Nc1c(Oc2ccccc2)cccc1C1=NC(c2ccc3sc4cccc(-c5cccc(-c6cccc7c6-c6ccccc6C76c7ccccc7Oc7ccccc76)c5)c4c3c2)Nc2ccccc21. The molecular weight excluding hydrogens is 863 g/mol. The van der Waals surface area contributed by atoms with Gasteiger partial charge in [0.2, 0.25) is 0 Å². The molecule has 14 rings (SSSR count). The first-order chi connectivity index (χ1) is 34.1. The van der Waals surface area contributed by atoms with E-state index in [0.717, 1.165) is 56.5 Å². The first kappa shape index (κ1) is 39.5. The van der Waals surface area contributed by atoms with Crippen molar-refractivity contribution in [1.82, 2.24) is 0 Å². The molecule has 0 saturated carbocycles. The number of rotatable bonds is 6. The zero-order chi connectivity index (χ0) is 45.6. The molecule has 11 aromatic rings. The van der Waals surface area contributed by atoms with Crippen molar-refractivity contribution < 1.29 is 9.47 Å². The molecule has 1 aliphatic carbocycles. The number of hydrogen-bond acceptors (Lipinski definition) is 6. The fourth-order valence-electron chi connectivity index (χ4n) is 11.3. The van der Waals surface area contributed by atoms with E-state index in [2.05, 4.69) is 175 Å². The Labute approximate surface area is 403 Å². The minimum absolute atomic E-state index is 0.358. The zero-order valence-electron chi connectivity index (χ0n) is 37.2. The van der Waals surface area contributed by atoms with Crippen molar-refractivity contribution >= 4 is 48.6 Å². The van der Waals surface area contributed by atoms with Crippen LogP contribution in [0.4, 0.5) is 11.4 Å². The molecule has 6 heteroatoms. The molecule has 3 heterocycles. The summed E-state index contributed by atoms with van der Waals surface area (Å²) in [6.07, 6.45) is -0.358. The van der Waals surface area contributed by atoms with Crippen LogP contribution in [0.5, 0.6) is 23.0 Å². The van der Waals surface area contributed by atoms with Crippen molar-refractivity contribution in [2.45, 2.75) is 11.6 Å². The van der Waals surface area contributed by atoms with E-state index in [0.29, 0.717) is 11.4 Å². The minimum Gasteiger partial charge on any atom is -0.457 e. The fourth-order valence-corrected chi connectivity index (χ4v) is 12.4. The second kappa shape index (κ2) is 15.4. The van der Waals surface area contributed by atoms with Crippen LogP contribution in [0.2, 0.25) is 0 Å². The summed E-state index contributed by atoms with van der Waals surface area (Å²) < 4.78 is 15.4. The van der Waals surface area contributed by atoms with Gasteiger partial charge >= 0.3 is 0 Å². The molecule has 0 amide bonds. The summed E-state index contributed by atoms with van der Waals surface area (Å²) in [6.45, 7) is 0. The predicted molar refractivity (Wildman–Crippen MR) is 283 cm³/mol. The van der Waals surface area contributed by atoms with Gasteiger partial charge in [-0.25, -0.2) is 0 Å². The van der Waals surface area contributed by atoms with E-state index in [1.807, 2.05) is 65.9 Å². The van der Waals surface area contributed by atoms with Crippen LogP contribution in [0.15, 0.2) is 229 Å². The maximum absolute atomic E-state index is 6.93. The Balaban J connectivity index is 0.889. The number of hydrogen-bond donors (Lipinski definition) is 2. The van der Waals surface area contributed by atoms with Crippen LogP contribution in [-0.4, -0.2) is 5.71 Å². The Hall–Kier alpha value is -8.71. The molecule has 3 aliphatic rings. The average molecular weight is 904 g/mol. The molecule has 1 spiro atoms. The number of nitrogen functional groups attached to an aromatic ring is 1. The number of nitrogens with one attached hydrogen (secondary N) is 1. The van der Waals surface area contributed by atoms with Gasteiger partial charge in [0, 0.05) is 48.1 Å². The number of thiophene rings is 1. The fraction of sp³-hybridized carbons (Fsp3) is 0.0317. The second-order valence-corrected chi connectivity index (χ2v) is 19.0. The Morgan fingerprint density at radius 1 is 0.507 bits per heavy atom.